The number of ether oxygens (including phenoxy) is 2. The van der Waals surface area contributed by atoms with Crippen molar-refractivity contribution in [2.75, 3.05) is 26.7 Å². The SMILES string of the molecule is CN(CCCCCCCCCNC[C@H](O[Si](C)(C)C(C)(C)C)c1ccc(O)c2[nH]c(=O)ccc12)[C@H]1CC[C@H](OC(=O)C2(C)c3ccccc3Oc3ccccc32)CC1. The van der Waals surface area contributed by atoms with E-state index in [1.807, 2.05) is 61.5 Å². The molecule has 1 atom stereocenters. The highest BCUT2D eigenvalue weighted by molar-refractivity contribution is 6.74. The zero-order chi connectivity index (χ0) is 41.5. The molecule has 58 heavy (non-hydrogen) atoms. The maximum absolute atomic E-state index is 13.9. The molecule has 0 unspecified atom stereocenters. The molecule has 1 aliphatic heterocycles. The van der Waals surface area contributed by atoms with Crippen LogP contribution in [-0.4, -0.2) is 68.1 Å². The number of unbranched alkanes of at least 4 members (excludes halogenated alkanes) is 6. The Morgan fingerprint density at radius 3 is 2.14 bits per heavy atom. The molecular weight excluding hydrogens is 743 g/mol. The second-order valence-corrected chi connectivity index (χ2v) is 23.1. The predicted molar refractivity (Wildman–Crippen MR) is 237 cm³/mol. The number of nitrogens with zero attached hydrogens (tertiary/aromatic N) is 1. The molecule has 0 spiro atoms. The third kappa shape index (κ3) is 10.1. The summed E-state index contributed by atoms with van der Waals surface area (Å²) in [5, 5.41) is 15.0. The van der Waals surface area contributed by atoms with Gasteiger partial charge in [0.25, 0.3) is 0 Å². The number of hydrogen-bond donors (Lipinski definition) is 3. The van der Waals surface area contributed by atoms with Crippen LogP contribution in [0.4, 0.5) is 0 Å². The first-order valence-electron chi connectivity index (χ1n) is 21.7. The van der Waals surface area contributed by atoms with Crippen LogP contribution in [0.3, 0.4) is 0 Å². The van der Waals surface area contributed by atoms with E-state index < -0.39 is 13.7 Å². The highest BCUT2D eigenvalue weighted by Gasteiger charge is 2.47. The molecular formula is C48H67N3O6Si. The number of H-pyrrole nitrogens is 1. The van der Waals surface area contributed by atoms with Crippen molar-refractivity contribution in [1.29, 1.82) is 0 Å². The van der Waals surface area contributed by atoms with Gasteiger partial charge in [0.1, 0.15) is 28.8 Å². The molecule has 3 aromatic carbocycles. The summed E-state index contributed by atoms with van der Waals surface area (Å²) in [6.07, 6.45) is 12.2. The lowest BCUT2D eigenvalue weighted by atomic mass is 9.74. The van der Waals surface area contributed by atoms with Gasteiger partial charge in [0.2, 0.25) is 5.56 Å². The van der Waals surface area contributed by atoms with E-state index >= 15 is 0 Å². The van der Waals surface area contributed by atoms with Gasteiger partial charge in [-0.2, -0.15) is 0 Å². The maximum Gasteiger partial charge on any atom is 0.321 e. The number of aromatic hydroxyl groups is 1. The number of carbonyl (C=O) groups excluding carboxylic acids is 1. The Labute approximate surface area is 347 Å². The summed E-state index contributed by atoms with van der Waals surface area (Å²) in [7, 11) is 0.149. The molecule has 1 aromatic heterocycles. The number of phenols is 1. The number of fused-ring (bicyclic) bond motifs is 3. The second-order valence-electron chi connectivity index (χ2n) is 18.4. The summed E-state index contributed by atoms with van der Waals surface area (Å²) in [5.74, 6) is 1.32. The minimum absolute atomic E-state index is 0.0482. The number of benzene rings is 3. The molecule has 314 valence electrons. The molecule has 1 aliphatic carbocycles. The van der Waals surface area contributed by atoms with Gasteiger partial charge in [-0.15, -0.1) is 0 Å². The first kappa shape index (κ1) is 43.6. The molecule has 4 aromatic rings. The zero-order valence-electron chi connectivity index (χ0n) is 36.0. The normalized spacial score (nSPS) is 18.3. The van der Waals surface area contributed by atoms with Crippen LogP contribution in [0.5, 0.6) is 17.2 Å². The molecule has 1 fully saturated rings. The largest absolute Gasteiger partial charge is 0.506 e. The average Bonchev–Trinajstić information content (AvgIpc) is 3.19. The van der Waals surface area contributed by atoms with Gasteiger partial charge < -0.3 is 34.2 Å². The van der Waals surface area contributed by atoms with Crippen molar-refractivity contribution < 1.29 is 23.8 Å². The van der Waals surface area contributed by atoms with Crippen molar-refractivity contribution >= 4 is 25.2 Å². The van der Waals surface area contributed by atoms with Crippen LogP contribution in [-0.2, 0) is 19.4 Å². The summed E-state index contributed by atoms with van der Waals surface area (Å²) < 4.78 is 19.4. The van der Waals surface area contributed by atoms with Gasteiger partial charge in [0.05, 0.1) is 11.6 Å². The molecule has 10 heteroatoms. The van der Waals surface area contributed by atoms with E-state index in [0.717, 1.165) is 78.8 Å². The van der Waals surface area contributed by atoms with Crippen LogP contribution >= 0.6 is 0 Å². The van der Waals surface area contributed by atoms with Gasteiger partial charge in [-0.1, -0.05) is 95.3 Å². The van der Waals surface area contributed by atoms with Crippen molar-refractivity contribution in [3.8, 4) is 17.2 Å². The van der Waals surface area contributed by atoms with E-state index in [9.17, 15) is 14.7 Å². The number of aromatic nitrogens is 1. The Kier molecular flexibility index (Phi) is 14.3. The minimum atomic E-state index is -2.11. The molecule has 0 bridgehead atoms. The van der Waals surface area contributed by atoms with Crippen LogP contribution in [0, 0.1) is 0 Å². The van der Waals surface area contributed by atoms with E-state index in [4.69, 9.17) is 13.9 Å². The number of nitrogens with one attached hydrogen (secondary N) is 2. The molecule has 2 heterocycles. The molecule has 0 radical (unpaired) electrons. The summed E-state index contributed by atoms with van der Waals surface area (Å²) in [5.41, 5.74) is 2.03. The number of pyridine rings is 1. The standard InChI is InChI=1S/C48H67N3O6Si/c1-47(2,3)58(6,7)57-43(36-27-29-40(52)45-37(36)28-30-44(53)50-45)33-49-31-17-11-9-8-10-12-18-32-51(5)34-23-25-35(26-24-34)55-46(54)48(4)38-19-13-15-21-41(38)56-42-22-16-14-20-39(42)48/h13-16,19-22,27-30,34-35,43,49,52H,8-12,17-18,23-26,31-33H2,1-7H3,(H,50,53)/t34-,35-,43-/m0/s1. The summed E-state index contributed by atoms with van der Waals surface area (Å²) in [6.45, 7) is 15.9. The first-order valence-corrected chi connectivity index (χ1v) is 24.6. The van der Waals surface area contributed by atoms with Crippen molar-refractivity contribution in [1.82, 2.24) is 15.2 Å². The number of hydrogen-bond acceptors (Lipinski definition) is 8. The Morgan fingerprint density at radius 1 is 0.897 bits per heavy atom. The van der Waals surface area contributed by atoms with Crippen LogP contribution in [0.2, 0.25) is 18.1 Å². The number of phenolic OH excluding ortho intramolecular Hbond substituents is 1. The third-order valence-corrected chi connectivity index (χ3v) is 17.7. The molecule has 0 amide bonds. The fraction of sp³-hybridized carbons (Fsp3) is 0.542. The Hall–Kier alpha value is -3.96. The number of esters is 1. The van der Waals surface area contributed by atoms with Gasteiger partial charge in [-0.3, -0.25) is 9.59 Å². The van der Waals surface area contributed by atoms with Gasteiger partial charge in [-0.25, -0.2) is 0 Å². The molecule has 2 aliphatic rings. The monoisotopic (exact) mass is 809 g/mol. The van der Waals surface area contributed by atoms with Gasteiger partial charge in [-0.05, 0) is 114 Å². The number of aromatic amines is 1. The molecule has 1 saturated carbocycles. The van der Waals surface area contributed by atoms with E-state index in [2.05, 4.69) is 56.1 Å². The van der Waals surface area contributed by atoms with Gasteiger partial charge >= 0.3 is 5.97 Å². The van der Waals surface area contributed by atoms with Gasteiger partial charge in [0, 0.05) is 35.2 Å². The topological polar surface area (TPSA) is 113 Å². The fourth-order valence-corrected chi connectivity index (χ4v) is 9.77. The fourth-order valence-electron chi connectivity index (χ4n) is 8.49. The van der Waals surface area contributed by atoms with E-state index in [1.54, 1.807) is 12.1 Å². The Balaban J connectivity index is 0.866. The van der Waals surface area contributed by atoms with Crippen molar-refractivity contribution in [3.63, 3.8) is 0 Å². The predicted octanol–water partition coefficient (Wildman–Crippen LogP) is 10.5. The smallest absolute Gasteiger partial charge is 0.321 e. The molecule has 6 rings (SSSR count). The summed E-state index contributed by atoms with van der Waals surface area (Å²) >= 11 is 0. The second kappa shape index (κ2) is 19.0. The van der Waals surface area contributed by atoms with Crippen LogP contribution < -0.4 is 15.6 Å². The van der Waals surface area contributed by atoms with E-state index in [-0.39, 0.29) is 34.5 Å². The van der Waals surface area contributed by atoms with Crippen LogP contribution in [0.15, 0.2) is 77.6 Å². The summed E-state index contributed by atoms with van der Waals surface area (Å²) in [6, 6.07) is 23.1. The van der Waals surface area contributed by atoms with Gasteiger partial charge in [0.15, 0.2) is 8.32 Å². The quantitative estimate of drug-likeness (QED) is 0.0517. The van der Waals surface area contributed by atoms with Crippen molar-refractivity contribution in [2.24, 2.45) is 0 Å². The lowest BCUT2D eigenvalue weighted by molar-refractivity contribution is -0.156. The molecule has 9 nitrogen and oxygen atoms in total. The van der Waals surface area contributed by atoms with Crippen LogP contribution in [0.1, 0.15) is 121 Å². The Morgan fingerprint density at radius 2 is 1.50 bits per heavy atom. The molecule has 3 N–H and O–H groups in total. The Bertz CT molecular complexity index is 2000. The molecule has 0 saturated heterocycles. The lowest BCUT2D eigenvalue weighted by Crippen LogP contribution is -2.43. The van der Waals surface area contributed by atoms with Crippen molar-refractivity contribution in [2.45, 2.75) is 140 Å². The first-order chi connectivity index (χ1) is 27.7. The number of carbonyl (C=O) groups is 1. The number of para-hydroxylation sites is 2. The van der Waals surface area contributed by atoms with E-state index in [1.165, 1.54) is 44.6 Å². The highest BCUT2D eigenvalue weighted by Crippen LogP contribution is 2.49. The summed E-state index contributed by atoms with van der Waals surface area (Å²) in [4.78, 5) is 31.3. The van der Waals surface area contributed by atoms with Crippen LogP contribution in [0.25, 0.3) is 10.9 Å². The van der Waals surface area contributed by atoms with Crippen molar-refractivity contribution in [3.05, 3.63) is 99.8 Å². The highest BCUT2D eigenvalue weighted by atomic mass is 28.4. The number of rotatable bonds is 18. The third-order valence-electron chi connectivity index (χ3n) is 13.2. The lowest BCUT2D eigenvalue weighted by Gasteiger charge is -2.39. The van der Waals surface area contributed by atoms with E-state index in [0.29, 0.717) is 18.1 Å². The minimum Gasteiger partial charge on any atom is -0.506 e. The maximum atomic E-state index is 13.9. The zero-order valence-corrected chi connectivity index (χ0v) is 37.0. The average molecular weight is 810 g/mol.